The molecule has 0 aromatic heterocycles. The van der Waals surface area contributed by atoms with Crippen LogP contribution in [0.2, 0.25) is 43.8 Å². The molecule has 0 spiro atoms. The lowest BCUT2D eigenvalue weighted by molar-refractivity contribution is -0.0670. The highest BCUT2D eigenvalue weighted by molar-refractivity contribution is 6.76. The van der Waals surface area contributed by atoms with Gasteiger partial charge in [-0.2, -0.15) is 0 Å². The molecule has 164 valence electrons. The van der Waals surface area contributed by atoms with Crippen LogP contribution < -0.4 is 0 Å². The van der Waals surface area contributed by atoms with Crippen LogP contribution in [-0.2, 0) is 4.43 Å². The molecule has 5 atom stereocenters. The lowest BCUT2D eigenvalue weighted by Gasteiger charge is -2.45. The Labute approximate surface area is 177 Å². The van der Waals surface area contributed by atoms with E-state index >= 15 is 0 Å². The first-order valence-electron chi connectivity index (χ1n) is 12.0. The summed E-state index contributed by atoms with van der Waals surface area (Å²) in [6, 6.07) is 4.85. The van der Waals surface area contributed by atoms with E-state index in [0.717, 1.165) is 19.3 Å². The average molecular weight is 425 g/mol. The highest BCUT2D eigenvalue weighted by Crippen LogP contribution is 2.53. The molecule has 1 fully saturated rings. The van der Waals surface area contributed by atoms with Crippen molar-refractivity contribution in [2.75, 3.05) is 0 Å². The summed E-state index contributed by atoms with van der Waals surface area (Å²) < 4.78 is 7.27. The fourth-order valence-electron chi connectivity index (χ4n) is 5.98. The van der Waals surface area contributed by atoms with Gasteiger partial charge in [-0.05, 0) is 68.1 Å². The number of allylic oxidation sites excluding steroid dienone is 2. The fourth-order valence-corrected chi connectivity index (χ4v) is 10.5. The quantitative estimate of drug-likeness (QED) is 0.333. The Bertz CT molecular complexity index is 535. The zero-order chi connectivity index (χ0) is 21.3. The van der Waals surface area contributed by atoms with Crippen LogP contribution in [0.4, 0.5) is 0 Å². The molecule has 0 aromatic carbocycles. The lowest BCUT2D eigenvalue weighted by Crippen LogP contribution is -2.52. The third-order valence-corrected chi connectivity index (χ3v) is 14.0. The van der Waals surface area contributed by atoms with Gasteiger partial charge in [-0.3, -0.25) is 0 Å². The third-order valence-electron chi connectivity index (χ3n) is 7.93. The van der Waals surface area contributed by atoms with Crippen molar-refractivity contribution in [3.8, 4) is 0 Å². The third kappa shape index (κ3) is 5.22. The SMILES string of the molecule is CC[Si](CC)(CC)O[C@@H]1[C@@H]2[C@H](CC[C@@]2(C)O)C(C[Si](C)(C)C)=CC[C@@H]1C(C)C. The lowest BCUT2D eigenvalue weighted by atomic mass is 9.74. The van der Waals surface area contributed by atoms with Gasteiger partial charge in [0.05, 0.1) is 11.7 Å². The molecular formula is C24H48O2Si2. The molecule has 2 aliphatic rings. The topological polar surface area (TPSA) is 29.5 Å². The number of hydrogen-bond acceptors (Lipinski definition) is 2. The van der Waals surface area contributed by atoms with Gasteiger partial charge in [0.1, 0.15) is 0 Å². The monoisotopic (exact) mass is 424 g/mol. The Morgan fingerprint density at radius 2 is 1.71 bits per heavy atom. The molecule has 0 radical (unpaired) electrons. The van der Waals surface area contributed by atoms with Gasteiger partial charge in [-0.15, -0.1) is 0 Å². The van der Waals surface area contributed by atoms with Crippen LogP contribution in [0.1, 0.15) is 60.8 Å². The van der Waals surface area contributed by atoms with Crippen molar-refractivity contribution in [2.45, 2.75) is 116 Å². The van der Waals surface area contributed by atoms with E-state index in [0.29, 0.717) is 17.8 Å². The Morgan fingerprint density at radius 3 is 2.18 bits per heavy atom. The minimum Gasteiger partial charge on any atom is -0.413 e. The molecule has 28 heavy (non-hydrogen) atoms. The zero-order valence-corrected chi connectivity index (χ0v) is 22.3. The maximum absolute atomic E-state index is 11.5. The van der Waals surface area contributed by atoms with E-state index in [4.69, 9.17) is 4.43 Å². The maximum atomic E-state index is 11.5. The summed E-state index contributed by atoms with van der Waals surface area (Å²) in [5.41, 5.74) is 1.07. The fraction of sp³-hybridized carbons (Fsp3) is 0.917. The molecular weight excluding hydrogens is 376 g/mol. The predicted molar refractivity (Wildman–Crippen MR) is 128 cm³/mol. The first kappa shape index (κ1) is 24.4. The zero-order valence-electron chi connectivity index (χ0n) is 20.3. The van der Waals surface area contributed by atoms with Crippen LogP contribution >= 0.6 is 0 Å². The highest BCUT2D eigenvalue weighted by atomic mass is 28.4. The molecule has 0 aliphatic heterocycles. The van der Waals surface area contributed by atoms with E-state index in [1.54, 1.807) is 5.57 Å². The summed E-state index contributed by atoms with van der Waals surface area (Å²) in [7, 11) is -2.93. The Morgan fingerprint density at radius 1 is 1.14 bits per heavy atom. The smallest absolute Gasteiger partial charge is 0.192 e. The van der Waals surface area contributed by atoms with E-state index in [9.17, 15) is 5.11 Å². The van der Waals surface area contributed by atoms with E-state index in [-0.39, 0.29) is 12.0 Å². The molecule has 1 N–H and O–H groups in total. The summed E-state index contributed by atoms with van der Waals surface area (Å²) in [6.07, 6.45) is 6.00. The molecule has 0 bridgehead atoms. The summed E-state index contributed by atoms with van der Waals surface area (Å²) in [5.74, 6) is 1.89. The molecule has 4 heteroatoms. The Hall–Kier alpha value is 0.0938. The van der Waals surface area contributed by atoms with Crippen molar-refractivity contribution in [1.82, 2.24) is 0 Å². The van der Waals surface area contributed by atoms with E-state index < -0.39 is 22.0 Å². The first-order chi connectivity index (χ1) is 12.9. The van der Waals surface area contributed by atoms with E-state index in [1.807, 2.05) is 0 Å². The number of aliphatic hydroxyl groups is 1. The van der Waals surface area contributed by atoms with E-state index in [1.165, 1.54) is 24.2 Å². The highest BCUT2D eigenvalue weighted by Gasteiger charge is 2.54. The van der Waals surface area contributed by atoms with Crippen LogP contribution in [0.3, 0.4) is 0 Å². The van der Waals surface area contributed by atoms with Gasteiger partial charge in [-0.1, -0.05) is 65.9 Å². The minimum absolute atomic E-state index is 0.212. The van der Waals surface area contributed by atoms with Gasteiger partial charge in [0, 0.05) is 14.0 Å². The van der Waals surface area contributed by atoms with Gasteiger partial charge in [0.25, 0.3) is 0 Å². The van der Waals surface area contributed by atoms with Crippen molar-refractivity contribution in [3.05, 3.63) is 11.6 Å². The molecule has 0 aromatic rings. The summed E-state index contributed by atoms with van der Waals surface area (Å²) in [4.78, 5) is 0. The summed E-state index contributed by atoms with van der Waals surface area (Å²) in [6.45, 7) is 21.3. The molecule has 0 saturated heterocycles. The maximum Gasteiger partial charge on any atom is 0.192 e. The van der Waals surface area contributed by atoms with Crippen LogP contribution in [0.5, 0.6) is 0 Å². The van der Waals surface area contributed by atoms with Crippen LogP contribution in [0.15, 0.2) is 11.6 Å². The molecule has 2 nitrogen and oxygen atoms in total. The number of hydrogen-bond donors (Lipinski definition) is 1. The number of rotatable bonds is 8. The summed E-state index contributed by atoms with van der Waals surface area (Å²) in [5, 5.41) is 11.5. The van der Waals surface area contributed by atoms with Gasteiger partial charge in [0.15, 0.2) is 8.32 Å². The molecule has 2 aliphatic carbocycles. The Kier molecular flexibility index (Phi) is 7.89. The van der Waals surface area contributed by atoms with Crippen molar-refractivity contribution in [1.29, 1.82) is 0 Å². The van der Waals surface area contributed by atoms with Crippen LogP contribution in [0.25, 0.3) is 0 Å². The second-order valence-electron chi connectivity index (χ2n) is 11.5. The molecule has 0 amide bonds. The van der Waals surface area contributed by atoms with Crippen molar-refractivity contribution in [3.63, 3.8) is 0 Å². The van der Waals surface area contributed by atoms with E-state index in [2.05, 4.69) is 67.3 Å². The molecule has 0 heterocycles. The normalized spacial score (nSPS) is 34.3. The first-order valence-corrected chi connectivity index (χ1v) is 18.2. The van der Waals surface area contributed by atoms with Crippen LogP contribution in [0, 0.1) is 23.7 Å². The molecule has 2 rings (SSSR count). The number of fused-ring (bicyclic) bond motifs is 1. The second kappa shape index (κ2) is 9.07. The van der Waals surface area contributed by atoms with Gasteiger partial charge in [0.2, 0.25) is 0 Å². The minimum atomic E-state index is -1.73. The van der Waals surface area contributed by atoms with Crippen molar-refractivity contribution >= 4 is 16.4 Å². The van der Waals surface area contributed by atoms with Crippen molar-refractivity contribution < 1.29 is 9.53 Å². The van der Waals surface area contributed by atoms with Gasteiger partial charge in [-0.25, -0.2) is 0 Å². The van der Waals surface area contributed by atoms with Gasteiger partial charge >= 0.3 is 0 Å². The molecule has 1 saturated carbocycles. The van der Waals surface area contributed by atoms with Crippen LogP contribution in [-0.4, -0.2) is 33.2 Å². The molecule has 0 unspecified atom stereocenters. The predicted octanol–water partition coefficient (Wildman–Crippen LogP) is 7.09. The largest absolute Gasteiger partial charge is 0.413 e. The van der Waals surface area contributed by atoms with Crippen molar-refractivity contribution in [2.24, 2.45) is 23.7 Å². The Balaban J connectivity index is 2.50. The average Bonchev–Trinajstić information content (AvgIpc) is 2.82. The van der Waals surface area contributed by atoms with Gasteiger partial charge < -0.3 is 9.53 Å². The second-order valence-corrected chi connectivity index (χ2v) is 21.7. The summed E-state index contributed by atoms with van der Waals surface area (Å²) >= 11 is 0. The standard InChI is InChI=1S/C24H48O2Si2/c1-10-28(11-2,12-3)26-23-20(18(4)5)14-13-19(17-27(7,8)9)21-15-16-24(6,25)22(21)23/h13,18,20-23,25H,10-12,14-17H2,1-9H3/t20-,21-,22+,23+,24-/m1/s1.